The second kappa shape index (κ2) is 10.5. The highest BCUT2D eigenvalue weighted by molar-refractivity contribution is 5.80. The van der Waals surface area contributed by atoms with Crippen molar-refractivity contribution in [2.45, 2.75) is 41.2 Å². The number of carbonyl (C=O) groups excluding carboxylic acids is 1. The van der Waals surface area contributed by atoms with E-state index in [1.165, 1.54) is 0 Å². The first-order valence-electron chi connectivity index (χ1n) is 9.83. The summed E-state index contributed by atoms with van der Waals surface area (Å²) in [6.45, 7) is 12.3. The summed E-state index contributed by atoms with van der Waals surface area (Å²) in [5.74, 6) is 0.778. The summed E-state index contributed by atoms with van der Waals surface area (Å²) in [6.07, 6.45) is 0. The molecule has 3 N–H and O–H groups in total. The van der Waals surface area contributed by atoms with E-state index in [0.29, 0.717) is 19.6 Å². The Bertz CT molecular complexity index is 809. The molecule has 1 aromatic carbocycles. The van der Waals surface area contributed by atoms with Crippen LogP contribution in [0, 0.1) is 19.8 Å². The summed E-state index contributed by atoms with van der Waals surface area (Å²) >= 11 is 0. The minimum atomic E-state index is -0.00667. The zero-order valence-corrected chi connectivity index (χ0v) is 17.5. The van der Waals surface area contributed by atoms with Crippen molar-refractivity contribution in [3.05, 3.63) is 47.3 Å². The van der Waals surface area contributed by atoms with Gasteiger partial charge >= 0.3 is 0 Å². The Hall–Kier alpha value is -2.83. The fraction of sp³-hybridized carbons (Fsp3) is 0.476. The molecule has 0 aliphatic rings. The summed E-state index contributed by atoms with van der Waals surface area (Å²) in [5.41, 5.74) is 4.23. The largest absolute Gasteiger partial charge is 0.357 e. The van der Waals surface area contributed by atoms with Crippen LogP contribution in [0.1, 0.15) is 37.7 Å². The van der Waals surface area contributed by atoms with Gasteiger partial charge in [0.25, 0.3) is 0 Å². The number of nitrogens with one attached hydrogen (secondary N) is 3. The molecule has 0 aliphatic carbocycles. The number of nitrogens with zero attached hydrogens (tertiary/aromatic N) is 3. The third kappa shape index (κ3) is 6.11. The summed E-state index contributed by atoms with van der Waals surface area (Å²) < 4.78 is 1.96. The molecule has 2 aromatic rings. The van der Waals surface area contributed by atoms with Gasteiger partial charge in [-0.05, 0) is 38.5 Å². The van der Waals surface area contributed by atoms with Crippen LogP contribution in [0.2, 0.25) is 0 Å². The maximum Gasteiger partial charge on any atom is 0.222 e. The maximum atomic E-state index is 11.6. The van der Waals surface area contributed by atoms with Gasteiger partial charge in [0.2, 0.25) is 5.91 Å². The van der Waals surface area contributed by atoms with Crippen molar-refractivity contribution in [3.8, 4) is 5.69 Å². The van der Waals surface area contributed by atoms with Crippen molar-refractivity contribution in [2.24, 2.45) is 10.9 Å². The van der Waals surface area contributed by atoms with Gasteiger partial charge in [0.1, 0.15) is 0 Å². The Morgan fingerprint density at radius 1 is 1.14 bits per heavy atom. The predicted octanol–water partition coefficient (Wildman–Crippen LogP) is 2.32. The Kier molecular flexibility index (Phi) is 8.04. The van der Waals surface area contributed by atoms with E-state index in [0.717, 1.165) is 35.1 Å². The fourth-order valence-corrected chi connectivity index (χ4v) is 2.80. The molecule has 0 bridgehead atoms. The van der Waals surface area contributed by atoms with E-state index in [2.05, 4.69) is 46.2 Å². The molecule has 1 aromatic heterocycles. The lowest BCUT2D eigenvalue weighted by molar-refractivity contribution is -0.123. The van der Waals surface area contributed by atoms with Gasteiger partial charge in [-0.1, -0.05) is 32.0 Å². The second-order valence-corrected chi connectivity index (χ2v) is 7.04. The number of rotatable bonds is 8. The van der Waals surface area contributed by atoms with Crippen molar-refractivity contribution in [2.75, 3.05) is 19.6 Å². The molecule has 0 spiro atoms. The molecule has 1 heterocycles. The standard InChI is InChI=1S/C21H32N6O/c1-6-22-21(24-12-11-23-20(28)15(2)3)25-14-18-9-7-8-10-19(18)27-17(5)13-16(4)26-27/h7-10,13,15H,6,11-12,14H2,1-5H3,(H,23,28)(H2,22,24,25). The monoisotopic (exact) mass is 384 g/mol. The summed E-state index contributed by atoms with van der Waals surface area (Å²) in [4.78, 5) is 16.3. The molecule has 1 amide bonds. The van der Waals surface area contributed by atoms with Crippen molar-refractivity contribution in [1.82, 2.24) is 25.7 Å². The number of guanidine groups is 1. The van der Waals surface area contributed by atoms with Crippen LogP contribution in [0.4, 0.5) is 0 Å². The van der Waals surface area contributed by atoms with Gasteiger partial charge in [-0.3, -0.25) is 4.79 Å². The molecule has 0 radical (unpaired) electrons. The lowest BCUT2D eigenvalue weighted by atomic mass is 10.2. The van der Waals surface area contributed by atoms with Gasteiger partial charge in [-0.2, -0.15) is 5.10 Å². The highest BCUT2D eigenvalue weighted by Crippen LogP contribution is 2.17. The zero-order valence-electron chi connectivity index (χ0n) is 17.5. The van der Waals surface area contributed by atoms with Gasteiger partial charge in [0.15, 0.2) is 5.96 Å². The quantitative estimate of drug-likeness (QED) is 0.371. The highest BCUT2D eigenvalue weighted by atomic mass is 16.1. The highest BCUT2D eigenvalue weighted by Gasteiger charge is 2.09. The molecule has 2 rings (SSSR count). The van der Waals surface area contributed by atoms with Crippen LogP contribution >= 0.6 is 0 Å². The molecule has 152 valence electrons. The van der Waals surface area contributed by atoms with Crippen LogP contribution in [0.5, 0.6) is 0 Å². The van der Waals surface area contributed by atoms with Crippen LogP contribution in [0.15, 0.2) is 35.3 Å². The van der Waals surface area contributed by atoms with Crippen molar-refractivity contribution < 1.29 is 4.79 Å². The molecule has 7 nitrogen and oxygen atoms in total. The average Bonchev–Trinajstić information content (AvgIpc) is 3.01. The van der Waals surface area contributed by atoms with Crippen molar-refractivity contribution >= 4 is 11.9 Å². The lowest BCUT2D eigenvalue weighted by Gasteiger charge is -2.14. The first-order chi connectivity index (χ1) is 13.4. The number of aryl methyl sites for hydroxylation is 2. The minimum Gasteiger partial charge on any atom is -0.357 e. The van der Waals surface area contributed by atoms with Gasteiger partial charge in [-0.15, -0.1) is 0 Å². The topological polar surface area (TPSA) is 83.3 Å². The Balaban J connectivity index is 2.05. The van der Waals surface area contributed by atoms with Crippen LogP contribution in [-0.2, 0) is 11.3 Å². The fourth-order valence-electron chi connectivity index (χ4n) is 2.80. The van der Waals surface area contributed by atoms with E-state index < -0.39 is 0 Å². The number of carbonyl (C=O) groups is 1. The number of aliphatic imine (C=N–C) groups is 1. The molecule has 7 heteroatoms. The van der Waals surface area contributed by atoms with Gasteiger partial charge in [0, 0.05) is 31.2 Å². The summed E-state index contributed by atoms with van der Waals surface area (Å²) in [5, 5.41) is 14.0. The molecule has 0 aliphatic heterocycles. The minimum absolute atomic E-state index is 0.00667. The zero-order chi connectivity index (χ0) is 20.5. The van der Waals surface area contributed by atoms with E-state index in [4.69, 9.17) is 4.99 Å². The van der Waals surface area contributed by atoms with Crippen LogP contribution in [0.25, 0.3) is 5.69 Å². The van der Waals surface area contributed by atoms with Gasteiger partial charge in [-0.25, -0.2) is 9.67 Å². The number of aromatic nitrogens is 2. The van der Waals surface area contributed by atoms with E-state index in [-0.39, 0.29) is 11.8 Å². The number of para-hydroxylation sites is 1. The summed E-state index contributed by atoms with van der Waals surface area (Å²) in [6, 6.07) is 10.2. The molecule has 28 heavy (non-hydrogen) atoms. The van der Waals surface area contributed by atoms with E-state index in [1.807, 2.05) is 44.5 Å². The first kappa shape index (κ1) is 21.5. The van der Waals surface area contributed by atoms with Gasteiger partial charge < -0.3 is 16.0 Å². The number of hydrogen-bond donors (Lipinski definition) is 3. The molecular weight excluding hydrogens is 352 g/mol. The SMILES string of the molecule is CCNC(=NCc1ccccc1-n1nc(C)cc1C)NCCNC(=O)C(C)C. The van der Waals surface area contributed by atoms with Crippen LogP contribution in [-0.4, -0.2) is 41.3 Å². The van der Waals surface area contributed by atoms with Crippen molar-refractivity contribution in [1.29, 1.82) is 0 Å². The average molecular weight is 385 g/mol. The molecule has 0 saturated heterocycles. The van der Waals surface area contributed by atoms with Gasteiger partial charge in [0.05, 0.1) is 17.9 Å². The van der Waals surface area contributed by atoms with E-state index in [1.54, 1.807) is 0 Å². The third-order valence-electron chi connectivity index (χ3n) is 4.22. The smallest absolute Gasteiger partial charge is 0.222 e. The Labute approximate surface area is 167 Å². The molecule has 0 atom stereocenters. The predicted molar refractivity (Wildman–Crippen MR) is 114 cm³/mol. The number of amides is 1. The Morgan fingerprint density at radius 3 is 2.50 bits per heavy atom. The second-order valence-electron chi connectivity index (χ2n) is 7.04. The molecule has 0 fully saturated rings. The maximum absolute atomic E-state index is 11.6. The Morgan fingerprint density at radius 2 is 1.86 bits per heavy atom. The van der Waals surface area contributed by atoms with Crippen LogP contribution in [0.3, 0.4) is 0 Å². The van der Waals surface area contributed by atoms with Crippen LogP contribution < -0.4 is 16.0 Å². The molecule has 0 saturated carbocycles. The first-order valence-corrected chi connectivity index (χ1v) is 9.83. The number of hydrogen-bond acceptors (Lipinski definition) is 3. The van der Waals surface area contributed by atoms with E-state index >= 15 is 0 Å². The normalized spacial score (nSPS) is 11.6. The lowest BCUT2D eigenvalue weighted by Crippen LogP contribution is -2.42. The number of benzene rings is 1. The molecular formula is C21H32N6O. The third-order valence-corrected chi connectivity index (χ3v) is 4.22. The van der Waals surface area contributed by atoms with Crippen molar-refractivity contribution in [3.63, 3.8) is 0 Å². The molecule has 0 unspecified atom stereocenters. The van der Waals surface area contributed by atoms with E-state index in [9.17, 15) is 4.79 Å². The summed E-state index contributed by atoms with van der Waals surface area (Å²) in [7, 11) is 0.